The molecule has 0 saturated carbocycles. The Morgan fingerprint density at radius 2 is 2.31 bits per heavy atom. The maximum absolute atomic E-state index is 11.3. The van der Waals surface area contributed by atoms with Crippen LogP contribution in [0.2, 0.25) is 0 Å². The van der Waals surface area contributed by atoms with Gasteiger partial charge >= 0.3 is 5.97 Å². The van der Waals surface area contributed by atoms with E-state index in [2.05, 4.69) is 19.2 Å². The van der Waals surface area contributed by atoms with Gasteiger partial charge in [-0.3, -0.25) is 4.79 Å². The maximum Gasteiger partial charge on any atom is 0.323 e. The van der Waals surface area contributed by atoms with Crippen LogP contribution in [0.1, 0.15) is 27.2 Å². The lowest BCUT2D eigenvalue weighted by atomic mass is 9.93. The van der Waals surface area contributed by atoms with Gasteiger partial charge in [-0.1, -0.05) is 13.8 Å². The molecule has 0 aliphatic carbocycles. The Kier molecular flexibility index (Phi) is 3.72. The van der Waals surface area contributed by atoms with Crippen LogP contribution in [0.4, 0.5) is 0 Å². The third kappa shape index (κ3) is 2.69. The number of esters is 1. The van der Waals surface area contributed by atoms with Crippen LogP contribution in [0.5, 0.6) is 0 Å². The molecule has 0 aromatic heterocycles. The van der Waals surface area contributed by atoms with Gasteiger partial charge in [-0.15, -0.1) is 0 Å². The predicted molar refractivity (Wildman–Crippen MR) is 51.4 cm³/mol. The third-order valence-corrected chi connectivity index (χ3v) is 2.68. The lowest BCUT2D eigenvalue weighted by Gasteiger charge is -2.12. The molecule has 13 heavy (non-hydrogen) atoms. The van der Waals surface area contributed by atoms with Crippen molar-refractivity contribution in [3.05, 3.63) is 0 Å². The standard InChI is InChI=1S/C10H19NO2/c1-4-13-10(12)9-5-8(6-11-9)7(2)3/h7-9,11H,4-6H2,1-3H3. The molecule has 1 rings (SSSR count). The summed E-state index contributed by atoms with van der Waals surface area (Å²) in [5.41, 5.74) is 0. The Bertz CT molecular complexity index is 180. The first-order chi connectivity index (χ1) is 6.15. The van der Waals surface area contributed by atoms with Crippen LogP contribution in [-0.2, 0) is 9.53 Å². The van der Waals surface area contributed by atoms with E-state index >= 15 is 0 Å². The van der Waals surface area contributed by atoms with Gasteiger partial charge in [0.2, 0.25) is 0 Å². The zero-order valence-electron chi connectivity index (χ0n) is 8.67. The summed E-state index contributed by atoms with van der Waals surface area (Å²) in [5.74, 6) is 1.17. The molecule has 0 aromatic carbocycles. The van der Waals surface area contributed by atoms with Gasteiger partial charge in [0.15, 0.2) is 0 Å². The molecule has 2 atom stereocenters. The highest BCUT2D eigenvalue weighted by Crippen LogP contribution is 2.22. The Labute approximate surface area is 79.8 Å². The lowest BCUT2D eigenvalue weighted by molar-refractivity contribution is -0.145. The van der Waals surface area contributed by atoms with Crippen LogP contribution in [0.3, 0.4) is 0 Å². The fourth-order valence-electron chi connectivity index (χ4n) is 1.69. The first-order valence-electron chi connectivity index (χ1n) is 5.05. The Balaban J connectivity index is 2.36. The SMILES string of the molecule is CCOC(=O)C1CC(C(C)C)CN1. The van der Waals surface area contributed by atoms with Crippen molar-refractivity contribution in [2.75, 3.05) is 13.2 Å². The van der Waals surface area contributed by atoms with Gasteiger partial charge in [0.05, 0.1) is 6.61 Å². The van der Waals surface area contributed by atoms with Crippen LogP contribution in [0.25, 0.3) is 0 Å². The number of nitrogens with one attached hydrogen (secondary N) is 1. The van der Waals surface area contributed by atoms with Crippen molar-refractivity contribution >= 4 is 5.97 Å². The molecule has 76 valence electrons. The summed E-state index contributed by atoms with van der Waals surface area (Å²) in [6.45, 7) is 7.65. The fraction of sp³-hybridized carbons (Fsp3) is 0.900. The molecule has 0 aromatic rings. The molecule has 0 spiro atoms. The molecule has 0 radical (unpaired) electrons. The minimum absolute atomic E-state index is 0.0626. The number of carbonyl (C=O) groups is 1. The van der Waals surface area contributed by atoms with E-state index in [-0.39, 0.29) is 12.0 Å². The predicted octanol–water partition coefficient (Wildman–Crippen LogP) is 1.18. The zero-order valence-corrected chi connectivity index (χ0v) is 8.67. The van der Waals surface area contributed by atoms with E-state index in [9.17, 15) is 4.79 Å². The number of ether oxygens (including phenoxy) is 1. The van der Waals surface area contributed by atoms with Crippen molar-refractivity contribution in [1.82, 2.24) is 5.32 Å². The molecule has 2 unspecified atom stereocenters. The zero-order chi connectivity index (χ0) is 9.84. The van der Waals surface area contributed by atoms with Crippen LogP contribution in [-0.4, -0.2) is 25.2 Å². The van der Waals surface area contributed by atoms with Crippen molar-refractivity contribution in [2.45, 2.75) is 33.2 Å². The first kappa shape index (κ1) is 10.5. The summed E-state index contributed by atoms with van der Waals surface area (Å²) in [6.07, 6.45) is 0.927. The van der Waals surface area contributed by atoms with E-state index in [0.29, 0.717) is 18.4 Å². The second-order valence-electron chi connectivity index (χ2n) is 3.95. The molecule has 1 aliphatic rings. The molecule has 1 heterocycles. The number of rotatable bonds is 3. The van der Waals surface area contributed by atoms with E-state index in [1.807, 2.05) is 6.92 Å². The smallest absolute Gasteiger partial charge is 0.323 e. The monoisotopic (exact) mass is 185 g/mol. The van der Waals surface area contributed by atoms with Crippen molar-refractivity contribution in [3.8, 4) is 0 Å². The molecular formula is C10H19NO2. The van der Waals surface area contributed by atoms with Gasteiger partial charge in [0.1, 0.15) is 6.04 Å². The van der Waals surface area contributed by atoms with Crippen molar-refractivity contribution in [2.24, 2.45) is 11.8 Å². The average Bonchev–Trinajstić information content (AvgIpc) is 2.52. The van der Waals surface area contributed by atoms with Gasteiger partial charge < -0.3 is 10.1 Å². The fourth-order valence-corrected chi connectivity index (χ4v) is 1.69. The van der Waals surface area contributed by atoms with E-state index in [4.69, 9.17) is 4.74 Å². The van der Waals surface area contributed by atoms with E-state index < -0.39 is 0 Å². The van der Waals surface area contributed by atoms with Crippen molar-refractivity contribution in [1.29, 1.82) is 0 Å². The summed E-state index contributed by atoms with van der Waals surface area (Å²) in [4.78, 5) is 11.3. The number of hydrogen-bond acceptors (Lipinski definition) is 3. The van der Waals surface area contributed by atoms with Crippen LogP contribution in [0.15, 0.2) is 0 Å². The number of hydrogen-bond donors (Lipinski definition) is 1. The van der Waals surface area contributed by atoms with Gasteiger partial charge in [0, 0.05) is 0 Å². The largest absolute Gasteiger partial charge is 0.465 e. The maximum atomic E-state index is 11.3. The summed E-state index contributed by atoms with van der Waals surface area (Å²) in [7, 11) is 0. The van der Waals surface area contributed by atoms with Gasteiger partial charge in [-0.05, 0) is 31.7 Å². The summed E-state index contributed by atoms with van der Waals surface area (Å²) < 4.78 is 4.95. The molecule has 3 heteroatoms. The van der Waals surface area contributed by atoms with Gasteiger partial charge in [-0.2, -0.15) is 0 Å². The summed E-state index contributed by atoms with van der Waals surface area (Å²) in [6, 6.07) is -0.0626. The van der Waals surface area contributed by atoms with Crippen LogP contribution >= 0.6 is 0 Å². The van der Waals surface area contributed by atoms with Crippen molar-refractivity contribution in [3.63, 3.8) is 0 Å². The molecule has 1 N–H and O–H groups in total. The second-order valence-corrected chi connectivity index (χ2v) is 3.95. The summed E-state index contributed by atoms with van der Waals surface area (Å²) in [5, 5.41) is 3.20. The highest BCUT2D eigenvalue weighted by Gasteiger charge is 2.31. The van der Waals surface area contributed by atoms with Crippen LogP contribution < -0.4 is 5.32 Å². The first-order valence-corrected chi connectivity index (χ1v) is 5.05. The van der Waals surface area contributed by atoms with E-state index in [1.165, 1.54) is 0 Å². The molecule has 1 fully saturated rings. The number of carbonyl (C=O) groups excluding carboxylic acids is 1. The Morgan fingerprint density at radius 3 is 2.77 bits per heavy atom. The quantitative estimate of drug-likeness (QED) is 0.671. The average molecular weight is 185 g/mol. The molecule has 0 amide bonds. The topological polar surface area (TPSA) is 38.3 Å². The van der Waals surface area contributed by atoms with Crippen molar-refractivity contribution < 1.29 is 9.53 Å². The lowest BCUT2D eigenvalue weighted by Crippen LogP contribution is -2.32. The van der Waals surface area contributed by atoms with E-state index in [1.54, 1.807) is 0 Å². The highest BCUT2D eigenvalue weighted by molar-refractivity contribution is 5.76. The third-order valence-electron chi connectivity index (χ3n) is 2.68. The molecule has 3 nitrogen and oxygen atoms in total. The van der Waals surface area contributed by atoms with Crippen LogP contribution in [0, 0.1) is 11.8 Å². The summed E-state index contributed by atoms with van der Waals surface area (Å²) >= 11 is 0. The van der Waals surface area contributed by atoms with E-state index in [0.717, 1.165) is 13.0 Å². The highest BCUT2D eigenvalue weighted by atomic mass is 16.5. The van der Waals surface area contributed by atoms with Gasteiger partial charge in [0.25, 0.3) is 0 Å². The minimum atomic E-state index is -0.0920. The minimum Gasteiger partial charge on any atom is -0.465 e. The Hall–Kier alpha value is -0.570. The molecule has 1 saturated heterocycles. The molecular weight excluding hydrogens is 166 g/mol. The molecule has 0 bridgehead atoms. The van der Waals surface area contributed by atoms with Gasteiger partial charge in [-0.25, -0.2) is 0 Å². The normalized spacial score (nSPS) is 28.0. The Morgan fingerprint density at radius 1 is 1.62 bits per heavy atom. The second kappa shape index (κ2) is 4.61. The molecule has 1 aliphatic heterocycles.